The molecule has 1 aromatic carbocycles. The van der Waals surface area contributed by atoms with Crippen LogP contribution >= 0.6 is 0 Å². The summed E-state index contributed by atoms with van der Waals surface area (Å²) in [5.74, 6) is 1.06. The van der Waals surface area contributed by atoms with Crippen molar-refractivity contribution in [3.8, 4) is 11.5 Å². The van der Waals surface area contributed by atoms with Gasteiger partial charge < -0.3 is 14.6 Å². The van der Waals surface area contributed by atoms with Crippen molar-refractivity contribution in [3.05, 3.63) is 23.8 Å². The highest BCUT2D eigenvalue weighted by Crippen LogP contribution is 2.23. The number of ether oxygens (including phenoxy) is 2. The molecule has 0 aliphatic rings. The molecule has 0 heterocycles. The molecule has 0 saturated heterocycles. The summed E-state index contributed by atoms with van der Waals surface area (Å²) in [6, 6.07) is 5.26. The summed E-state index contributed by atoms with van der Waals surface area (Å²) in [6.07, 6.45) is 0. The topological polar surface area (TPSA) is 41.9 Å². The summed E-state index contributed by atoms with van der Waals surface area (Å²) in [5, 5.41) is 9.74. The standard InChI is InChI=1S/C13H21NO3/c1-4-17-8-7-14(2)10-11-9-12(16-3)5-6-13(11)15/h5-6,9,15H,4,7-8,10H2,1-3H3. The van der Waals surface area contributed by atoms with Crippen molar-refractivity contribution in [1.82, 2.24) is 4.90 Å². The Hall–Kier alpha value is -1.26. The van der Waals surface area contributed by atoms with Gasteiger partial charge in [-0.05, 0) is 32.2 Å². The normalized spacial score (nSPS) is 10.8. The molecule has 0 aromatic heterocycles. The largest absolute Gasteiger partial charge is 0.508 e. The summed E-state index contributed by atoms with van der Waals surface area (Å²) in [6.45, 7) is 4.93. The SMILES string of the molecule is CCOCCN(C)Cc1cc(OC)ccc1O. The summed E-state index contributed by atoms with van der Waals surface area (Å²) in [5.41, 5.74) is 0.864. The number of rotatable bonds is 7. The molecule has 0 amide bonds. The van der Waals surface area contributed by atoms with Crippen molar-refractivity contribution >= 4 is 0 Å². The van der Waals surface area contributed by atoms with E-state index in [9.17, 15) is 5.11 Å². The number of hydrogen-bond acceptors (Lipinski definition) is 4. The lowest BCUT2D eigenvalue weighted by atomic mass is 10.2. The Bertz CT molecular complexity index is 341. The van der Waals surface area contributed by atoms with E-state index in [0.29, 0.717) is 18.9 Å². The first-order valence-electron chi connectivity index (χ1n) is 5.79. The molecule has 0 radical (unpaired) electrons. The van der Waals surface area contributed by atoms with E-state index in [0.717, 1.165) is 24.5 Å². The van der Waals surface area contributed by atoms with Crippen LogP contribution in [0.2, 0.25) is 0 Å². The fraction of sp³-hybridized carbons (Fsp3) is 0.538. The second-order valence-corrected chi connectivity index (χ2v) is 3.93. The first-order valence-corrected chi connectivity index (χ1v) is 5.79. The van der Waals surface area contributed by atoms with Gasteiger partial charge in [-0.25, -0.2) is 0 Å². The fourth-order valence-electron chi connectivity index (χ4n) is 1.55. The summed E-state index contributed by atoms with van der Waals surface area (Å²) >= 11 is 0. The third-order valence-corrected chi connectivity index (χ3v) is 2.55. The van der Waals surface area contributed by atoms with E-state index >= 15 is 0 Å². The Morgan fingerprint density at radius 3 is 2.76 bits per heavy atom. The number of likely N-dealkylation sites (N-methyl/N-ethyl adjacent to an activating group) is 1. The van der Waals surface area contributed by atoms with Crippen LogP contribution in [-0.2, 0) is 11.3 Å². The lowest BCUT2D eigenvalue weighted by Gasteiger charge is -2.17. The Balaban J connectivity index is 2.54. The Kier molecular flexibility index (Phi) is 5.80. The molecule has 1 aromatic rings. The van der Waals surface area contributed by atoms with E-state index in [4.69, 9.17) is 9.47 Å². The summed E-state index contributed by atoms with van der Waals surface area (Å²) in [4.78, 5) is 2.10. The predicted molar refractivity (Wildman–Crippen MR) is 67.5 cm³/mol. The van der Waals surface area contributed by atoms with Crippen molar-refractivity contribution in [2.24, 2.45) is 0 Å². The Morgan fingerprint density at radius 1 is 1.35 bits per heavy atom. The van der Waals surface area contributed by atoms with Crippen LogP contribution in [0, 0.1) is 0 Å². The lowest BCUT2D eigenvalue weighted by molar-refractivity contribution is 0.120. The number of nitrogens with zero attached hydrogens (tertiary/aromatic N) is 1. The fourth-order valence-corrected chi connectivity index (χ4v) is 1.55. The molecule has 1 rings (SSSR count). The molecule has 1 N–H and O–H groups in total. The quantitative estimate of drug-likeness (QED) is 0.738. The van der Waals surface area contributed by atoms with E-state index in [-0.39, 0.29) is 0 Å². The van der Waals surface area contributed by atoms with Gasteiger partial charge >= 0.3 is 0 Å². The molecule has 0 aliphatic heterocycles. The van der Waals surface area contributed by atoms with Crippen LogP contribution in [0.15, 0.2) is 18.2 Å². The number of benzene rings is 1. The third-order valence-electron chi connectivity index (χ3n) is 2.55. The van der Waals surface area contributed by atoms with Crippen molar-refractivity contribution < 1.29 is 14.6 Å². The highest BCUT2D eigenvalue weighted by atomic mass is 16.5. The summed E-state index contributed by atoms with van der Waals surface area (Å²) in [7, 11) is 3.62. The van der Waals surface area contributed by atoms with Crippen molar-refractivity contribution in [2.45, 2.75) is 13.5 Å². The Labute approximate surface area is 103 Å². The van der Waals surface area contributed by atoms with Gasteiger partial charge in [-0.15, -0.1) is 0 Å². The van der Waals surface area contributed by atoms with Crippen LogP contribution in [0.3, 0.4) is 0 Å². The second kappa shape index (κ2) is 7.14. The van der Waals surface area contributed by atoms with Gasteiger partial charge in [0, 0.05) is 25.3 Å². The van der Waals surface area contributed by atoms with Crippen molar-refractivity contribution in [3.63, 3.8) is 0 Å². The molecule has 4 heteroatoms. The van der Waals surface area contributed by atoms with Gasteiger partial charge in [-0.3, -0.25) is 4.90 Å². The van der Waals surface area contributed by atoms with E-state index in [1.54, 1.807) is 19.2 Å². The molecule has 96 valence electrons. The van der Waals surface area contributed by atoms with Crippen molar-refractivity contribution in [2.75, 3.05) is 33.9 Å². The average Bonchev–Trinajstić information content (AvgIpc) is 2.32. The molecular formula is C13H21NO3. The Morgan fingerprint density at radius 2 is 2.12 bits per heavy atom. The van der Waals surface area contributed by atoms with Gasteiger partial charge in [0.15, 0.2) is 0 Å². The minimum Gasteiger partial charge on any atom is -0.508 e. The van der Waals surface area contributed by atoms with Crippen LogP contribution in [0.4, 0.5) is 0 Å². The van der Waals surface area contributed by atoms with Crippen LogP contribution in [0.1, 0.15) is 12.5 Å². The lowest BCUT2D eigenvalue weighted by Crippen LogP contribution is -2.22. The predicted octanol–water partition coefficient (Wildman–Crippen LogP) is 1.87. The average molecular weight is 239 g/mol. The minimum atomic E-state index is 0.300. The molecule has 0 spiro atoms. The van der Waals surface area contributed by atoms with Gasteiger partial charge in [-0.1, -0.05) is 0 Å². The molecule has 0 fully saturated rings. The zero-order valence-electron chi connectivity index (χ0n) is 10.8. The molecule has 0 bridgehead atoms. The molecule has 0 unspecified atom stereocenters. The van der Waals surface area contributed by atoms with E-state index in [2.05, 4.69) is 4.90 Å². The number of aromatic hydroxyl groups is 1. The highest BCUT2D eigenvalue weighted by Gasteiger charge is 2.06. The van der Waals surface area contributed by atoms with E-state index < -0.39 is 0 Å². The monoisotopic (exact) mass is 239 g/mol. The van der Waals surface area contributed by atoms with Crippen LogP contribution in [0.5, 0.6) is 11.5 Å². The summed E-state index contributed by atoms with van der Waals surface area (Å²) < 4.78 is 10.4. The van der Waals surface area contributed by atoms with Crippen LogP contribution < -0.4 is 4.74 Å². The first kappa shape index (κ1) is 13.8. The van der Waals surface area contributed by atoms with Gasteiger partial charge in [0.25, 0.3) is 0 Å². The van der Waals surface area contributed by atoms with Crippen LogP contribution in [-0.4, -0.2) is 43.9 Å². The van der Waals surface area contributed by atoms with Gasteiger partial charge in [0.1, 0.15) is 11.5 Å². The molecule has 0 aliphatic carbocycles. The third kappa shape index (κ3) is 4.63. The zero-order chi connectivity index (χ0) is 12.7. The second-order valence-electron chi connectivity index (χ2n) is 3.93. The molecule has 17 heavy (non-hydrogen) atoms. The number of phenols is 1. The molecule has 4 nitrogen and oxygen atoms in total. The van der Waals surface area contributed by atoms with Gasteiger partial charge in [0.2, 0.25) is 0 Å². The zero-order valence-corrected chi connectivity index (χ0v) is 10.8. The maximum absolute atomic E-state index is 9.74. The number of methoxy groups -OCH3 is 1. The molecule has 0 saturated carbocycles. The van der Waals surface area contributed by atoms with E-state index in [1.165, 1.54) is 0 Å². The number of hydrogen-bond donors (Lipinski definition) is 1. The maximum atomic E-state index is 9.74. The highest BCUT2D eigenvalue weighted by molar-refractivity contribution is 5.39. The molecular weight excluding hydrogens is 218 g/mol. The van der Waals surface area contributed by atoms with Gasteiger partial charge in [-0.2, -0.15) is 0 Å². The van der Waals surface area contributed by atoms with E-state index in [1.807, 2.05) is 20.0 Å². The minimum absolute atomic E-state index is 0.300. The smallest absolute Gasteiger partial charge is 0.120 e. The maximum Gasteiger partial charge on any atom is 0.120 e. The molecule has 0 atom stereocenters. The number of phenolic OH excluding ortho intramolecular Hbond substituents is 1. The van der Waals surface area contributed by atoms with Crippen LogP contribution in [0.25, 0.3) is 0 Å². The first-order chi connectivity index (χ1) is 8.17. The van der Waals surface area contributed by atoms with Crippen molar-refractivity contribution in [1.29, 1.82) is 0 Å². The van der Waals surface area contributed by atoms with Gasteiger partial charge in [0.05, 0.1) is 13.7 Å².